The number of benzene rings is 3. The molecule has 0 amide bonds. The number of anilines is 4. The number of ether oxygens (including phenoxy) is 2. The highest BCUT2D eigenvalue weighted by Crippen LogP contribution is 2.29. The lowest BCUT2D eigenvalue weighted by Gasteiger charge is -2.13. The summed E-state index contributed by atoms with van der Waals surface area (Å²) >= 11 is 0. The van der Waals surface area contributed by atoms with Crippen molar-refractivity contribution in [2.45, 2.75) is 0 Å². The number of hydrogen-bond donors (Lipinski definition) is 2. The van der Waals surface area contributed by atoms with E-state index in [1.165, 1.54) is 0 Å². The van der Waals surface area contributed by atoms with Gasteiger partial charge in [-0.3, -0.25) is 0 Å². The summed E-state index contributed by atoms with van der Waals surface area (Å²) in [6.45, 7) is 0. The molecular formula is C22H20N4O2. The number of nitrogens with one attached hydrogen (secondary N) is 2. The van der Waals surface area contributed by atoms with Gasteiger partial charge in [-0.2, -0.15) is 4.98 Å². The van der Waals surface area contributed by atoms with E-state index in [1.807, 2.05) is 72.8 Å². The summed E-state index contributed by atoms with van der Waals surface area (Å²) in [7, 11) is 3.29. The van der Waals surface area contributed by atoms with Crippen molar-refractivity contribution in [3.63, 3.8) is 0 Å². The second kappa shape index (κ2) is 7.84. The molecule has 0 aliphatic rings. The molecule has 2 N–H and O–H groups in total. The Balaban J connectivity index is 1.74. The van der Waals surface area contributed by atoms with Gasteiger partial charge in [-0.05, 0) is 54.6 Å². The first-order chi connectivity index (χ1) is 13.7. The summed E-state index contributed by atoms with van der Waals surface area (Å²) in [5, 5.41) is 7.51. The minimum Gasteiger partial charge on any atom is -0.497 e. The second-order valence-electron chi connectivity index (χ2n) is 6.12. The van der Waals surface area contributed by atoms with Crippen LogP contribution < -0.4 is 20.1 Å². The standard InChI is InChI=1S/C22H20N4O2/c1-27-17-10-8-16(9-11-17)24-22-25-20-13-12-18(28-2)14-19(20)21(26-22)23-15-6-4-3-5-7-15/h3-14H,1-2H3,(H2,23,24,25,26). The van der Waals surface area contributed by atoms with E-state index in [1.54, 1.807) is 14.2 Å². The Labute approximate surface area is 163 Å². The topological polar surface area (TPSA) is 68.3 Å². The second-order valence-corrected chi connectivity index (χ2v) is 6.12. The molecule has 0 aliphatic heterocycles. The molecule has 0 spiro atoms. The molecule has 4 rings (SSSR count). The van der Waals surface area contributed by atoms with Gasteiger partial charge in [0.25, 0.3) is 0 Å². The van der Waals surface area contributed by atoms with Crippen molar-refractivity contribution in [3.8, 4) is 11.5 Å². The molecule has 140 valence electrons. The van der Waals surface area contributed by atoms with Gasteiger partial charge in [0, 0.05) is 16.8 Å². The quantitative estimate of drug-likeness (QED) is 0.489. The molecule has 3 aromatic carbocycles. The number of rotatable bonds is 6. The van der Waals surface area contributed by atoms with Crippen molar-refractivity contribution >= 4 is 34.0 Å². The van der Waals surface area contributed by atoms with Gasteiger partial charge >= 0.3 is 0 Å². The van der Waals surface area contributed by atoms with E-state index >= 15 is 0 Å². The third-order valence-corrected chi connectivity index (χ3v) is 4.29. The Hall–Kier alpha value is -3.80. The van der Waals surface area contributed by atoms with Crippen LogP contribution in [0.1, 0.15) is 0 Å². The molecule has 0 atom stereocenters. The van der Waals surface area contributed by atoms with Gasteiger partial charge in [-0.15, -0.1) is 0 Å². The highest BCUT2D eigenvalue weighted by Gasteiger charge is 2.10. The summed E-state index contributed by atoms with van der Waals surface area (Å²) < 4.78 is 10.6. The van der Waals surface area contributed by atoms with Crippen LogP contribution in [-0.2, 0) is 0 Å². The minimum atomic E-state index is 0.501. The molecule has 1 aromatic heterocycles. The average molecular weight is 372 g/mol. The highest BCUT2D eigenvalue weighted by atomic mass is 16.5. The largest absolute Gasteiger partial charge is 0.497 e. The molecular weight excluding hydrogens is 352 g/mol. The van der Waals surface area contributed by atoms with Crippen molar-refractivity contribution in [2.75, 3.05) is 24.9 Å². The van der Waals surface area contributed by atoms with Crippen LogP contribution in [0.4, 0.5) is 23.1 Å². The van der Waals surface area contributed by atoms with Crippen LogP contribution in [0.25, 0.3) is 10.9 Å². The van der Waals surface area contributed by atoms with Crippen molar-refractivity contribution in [1.82, 2.24) is 9.97 Å². The Morgan fingerprint density at radius 1 is 0.679 bits per heavy atom. The maximum absolute atomic E-state index is 5.36. The molecule has 0 aliphatic carbocycles. The van der Waals surface area contributed by atoms with E-state index in [4.69, 9.17) is 9.47 Å². The van der Waals surface area contributed by atoms with E-state index in [0.29, 0.717) is 11.8 Å². The van der Waals surface area contributed by atoms with E-state index in [9.17, 15) is 0 Å². The van der Waals surface area contributed by atoms with Gasteiger partial charge in [0.1, 0.15) is 17.3 Å². The fraction of sp³-hybridized carbons (Fsp3) is 0.0909. The first-order valence-corrected chi connectivity index (χ1v) is 8.84. The lowest BCUT2D eigenvalue weighted by molar-refractivity contribution is 0.415. The molecule has 6 heteroatoms. The lowest BCUT2D eigenvalue weighted by atomic mass is 10.2. The normalized spacial score (nSPS) is 10.5. The zero-order valence-corrected chi connectivity index (χ0v) is 15.6. The first kappa shape index (κ1) is 17.6. The number of hydrogen-bond acceptors (Lipinski definition) is 6. The Kier molecular flexibility index (Phi) is 4.93. The van der Waals surface area contributed by atoms with Crippen LogP contribution in [-0.4, -0.2) is 24.2 Å². The van der Waals surface area contributed by atoms with Gasteiger partial charge in [-0.1, -0.05) is 18.2 Å². The van der Waals surface area contributed by atoms with E-state index in [0.717, 1.165) is 33.8 Å². The Morgan fingerprint density at radius 3 is 2.07 bits per heavy atom. The van der Waals surface area contributed by atoms with E-state index < -0.39 is 0 Å². The minimum absolute atomic E-state index is 0.501. The van der Waals surface area contributed by atoms with Crippen molar-refractivity contribution in [1.29, 1.82) is 0 Å². The van der Waals surface area contributed by atoms with Gasteiger partial charge in [0.05, 0.1) is 19.7 Å². The van der Waals surface area contributed by atoms with Gasteiger partial charge in [0.2, 0.25) is 5.95 Å². The molecule has 0 saturated carbocycles. The maximum Gasteiger partial charge on any atom is 0.229 e. The molecule has 6 nitrogen and oxygen atoms in total. The first-order valence-electron chi connectivity index (χ1n) is 8.84. The highest BCUT2D eigenvalue weighted by molar-refractivity contribution is 5.93. The van der Waals surface area contributed by atoms with Crippen LogP contribution in [0.3, 0.4) is 0 Å². The van der Waals surface area contributed by atoms with Crippen LogP contribution in [0.2, 0.25) is 0 Å². The molecule has 0 radical (unpaired) electrons. The molecule has 0 fully saturated rings. The zero-order chi connectivity index (χ0) is 19.3. The predicted octanol–water partition coefficient (Wildman–Crippen LogP) is 5.13. The van der Waals surface area contributed by atoms with Gasteiger partial charge in [0.15, 0.2) is 0 Å². The molecule has 28 heavy (non-hydrogen) atoms. The summed E-state index contributed by atoms with van der Waals surface area (Å²) in [5.41, 5.74) is 2.63. The monoisotopic (exact) mass is 372 g/mol. The summed E-state index contributed by atoms with van der Waals surface area (Å²) in [6, 6.07) is 23.3. The summed E-state index contributed by atoms with van der Waals surface area (Å²) in [4.78, 5) is 9.33. The van der Waals surface area contributed by atoms with E-state index in [2.05, 4.69) is 20.6 Å². The van der Waals surface area contributed by atoms with Crippen LogP contribution in [0, 0.1) is 0 Å². The number of para-hydroxylation sites is 1. The zero-order valence-electron chi connectivity index (χ0n) is 15.6. The number of fused-ring (bicyclic) bond motifs is 1. The Bertz CT molecular complexity index is 1080. The third kappa shape index (κ3) is 3.81. The molecule has 0 saturated heterocycles. The van der Waals surface area contributed by atoms with E-state index in [-0.39, 0.29) is 0 Å². The third-order valence-electron chi connectivity index (χ3n) is 4.29. The molecule has 4 aromatic rings. The smallest absolute Gasteiger partial charge is 0.229 e. The van der Waals surface area contributed by atoms with Crippen molar-refractivity contribution in [2.24, 2.45) is 0 Å². The summed E-state index contributed by atoms with van der Waals surface area (Å²) in [5.74, 6) is 2.75. The van der Waals surface area contributed by atoms with Crippen molar-refractivity contribution in [3.05, 3.63) is 72.8 Å². The average Bonchev–Trinajstić information content (AvgIpc) is 2.75. The summed E-state index contributed by atoms with van der Waals surface area (Å²) in [6.07, 6.45) is 0. The van der Waals surface area contributed by atoms with Gasteiger partial charge in [-0.25, -0.2) is 4.98 Å². The van der Waals surface area contributed by atoms with Crippen molar-refractivity contribution < 1.29 is 9.47 Å². The predicted molar refractivity (Wildman–Crippen MR) is 112 cm³/mol. The Morgan fingerprint density at radius 2 is 1.36 bits per heavy atom. The molecule has 0 unspecified atom stereocenters. The van der Waals surface area contributed by atoms with Crippen LogP contribution >= 0.6 is 0 Å². The van der Waals surface area contributed by atoms with Crippen LogP contribution in [0.5, 0.6) is 11.5 Å². The van der Waals surface area contributed by atoms with Gasteiger partial charge < -0.3 is 20.1 Å². The maximum atomic E-state index is 5.36. The number of aromatic nitrogens is 2. The fourth-order valence-corrected chi connectivity index (χ4v) is 2.85. The fourth-order valence-electron chi connectivity index (χ4n) is 2.85. The lowest BCUT2D eigenvalue weighted by Crippen LogP contribution is -2.02. The molecule has 1 heterocycles. The molecule has 0 bridgehead atoms. The SMILES string of the molecule is COc1ccc(Nc2nc(Nc3ccccc3)c3cc(OC)ccc3n2)cc1. The number of nitrogens with zero attached hydrogens (tertiary/aromatic N) is 2. The van der Waals surface area contributed by atoms with Crippen LogP contribution in [0.15, 0.2) is 72.8 Å². The number of methoxy groups -OCH3 is 2.